The van der Waals surface area contributed by atoms with E-state index >= 15 is 0 Å². The van der Waals surface area contributed by atoms with Crippen LogP contribution in [0.5, 0.6) is 0 Å². The van der Waals surface area contributed by atoms with Crippen molar-refractivity contribution in [3.63, 3.8) is 0 Å². The third-order valence-corrected chi connectivity index (χ3v) is 2.86. The molecule has 0 aliphatic carbocycles. The fraction of sp³-hybridized carbons (Fsp3) is 0.364. The molecular formula is C11H14ClN3O. The van der Waals surface area contributed by atoms with Gasteiger partial charge in [0.1, 0.15) is 0 Å². The van der Waals surface area contributed by atoms with E-state index in [2.05, 4.69) is 10.4 Å². The molecule has 2 aromatic heterocycles. The first kappa shape index (κ1) is 11.2. The van der Waals surface area contributed by atoms with Gasteiger partial charge in [-0.2, -0.15) is 5.10 Å². The van der Waals surface area contributed by atoms with Crippen LogP contribution in [0.4, 0.5) is 0 Å². The highest BCUT2D eigenvalue weighted by molar-refractivity contribution is 6.29. The molecule has 5 heteroatoms. The van der Waals surface area contributed by atoms with Crippen LogP contribution in [-0.4, -0.2) is 16.8 Å². The van der Waals surface area contributed by atoms with Gasteiger partial charge in [-0.05, 0) is 30.8 Å². The van der Waals surface area contributed by atoms with Crippen LogP contribution in [0.15, 0.2) is 29.0 Å². The van der Waals surface area contributed by atoms with Gasteiger partial charge in [-0.1, -0.05) is 0 Å². The van der Waals surface area contributed by atoms with Crippen LogP contribution in [0.1, 0.15) is 17.3 Å². The molecule has 0 amide bonds. The van der Waals surface area contributed by atoms with Crippen molar-refractivity contribution in [1.29, 1.82) is 0 Å². The number of likely N-dealkylation sites (N-methyl/N-ethyl adjacent to an activating group) is 1. The van der Waals surface area contributed by atoms with Gasteiger partial charge < -0.3 is 9.73 Å². The second-order valence-electron chi connectivity index (χ2n) is 3.68. The zero-order valence-corrected chi connectivity index (χ0v) is 10.0. The number of aromatic nitrogens is 2. The molecule has 0 fully saturated rings. The lowest BCUT2D eigenvalue weighted by atomic mass is 10.1. The molecule has 2 rings (SSSR count). The number of aryl methyl sites for hydroxylation is 1. The fourth-order valence-corrected chi connectivity index (χ4v) is 1.95. The average Bonchev–Trinajstić information content (AvgIpc) is 2.84. The average molecular weight is 240 g/mol. The predicted molar refractivity (Wildman–Crippen MR) is 62.4 cm³/mol. The van der Waals surface area contributed by atoms with Crippen LogP contribution in [0.25, 0.3) is 0 Å². The molecule has 0 saturated heterocycles. The third-order valence-electron chi connectivity index (χ3n) is 2.55. The molecule has 0 saturated carbocycles. The standard InChI is InChI=1S/C11H14ClN3O/c1-13-10(9-4-6-16-11(9)12)7-8-3-5-15(2)14-8/h3-6,10,13H,7H2,1-2H3. The number of furan rings is 1. The molecule has 0 aromatic carbocycles. The Hall–Kier alpha value is -1.26. The number of halogens is 1. The van der Waals surface area contributed by atoms with Gasteiger partial charge in [-0.15, -0.1) is 0 Å². The van der Waals surface area contributed by atoms with Crippen molar-refractivity contribution in [1.82, 2.24) is 15.1 Å². The second-order valence-corrected chi connectivity index (χ2v) is 4.02. The van der Waals surface area contributed by atoms with Crippen molar-refractivity contribution in [3.05, 3.63) is 41.1 Å². The Balaban J connectivity index is 2.15. The summed E-state index contributed by atoms with van der Waals surface area (Å²) in [5.41, 5.74) is 1.99. The Kier molecular flexibility index (Phi) is 3.31. The zero-order chi connectivity index (χ0) is 11.5. The van der Waals surface area contributed by atoms with E-state index in [0.717, 1.165) is 17.7 Å². The van der Waals surface area contributed by atoms with Crippen LogP contribution in [0.2, 0.25) is 5.22 Å². The van der Waals surface area contributed by atoms with E-state index in [1.807, 2.05) is 32.4 Å². The van der Waals surface area contributed by atoms with Gasteiger partial charge in [-0.25, -0.2) is 0 Å². The summed E-state index contributed by atoms with van der Waals surface area (Å²) >= 11 is 5.95. The number of hydrogen-bond acceptors (Lipinski definition) is 3. The molecule has 0 spiro atoms. The van der Waals surface area contributed by atoms with Gasteiger partial charge in [0.25, 0.3) is 0 Å². The largest absolute Gasteiger partial charge is 0.453 e. The number of rotatable bonds is 4. The molecule has 0 bridgehead atoms. The van der Waals surface area contributed by atoms with Gasteiger partial charge in [0.2, 0.25) is 0 Å². The predicted octanol–water partition coefficient (Wildman–Crippen LogP) is 2.17. The first-order valence-electron chi connectivity index (χ1n) is 5.09. The topological polar surface area (TPSA) is 43.0 Å². The molecule has 4 nitrogen and oxygen atoms in total. The van der Waals surface area contributed by atoms with Gasteiger partial charge in [0.05, 0.1) is 12.0 Å². The maximum Gasteiger partial charge on any atom is 0.197 e. The summed E-state index contributed by atoms with van der Waals surface area (Å²) in [5.74, 6) is 0. The molecule has 0 radical (unpaired) electrons. The molecule has 0 aliphatic rings. The fourth-order valence-electron chi connectivity index (χ4n) is 1.70. The molecule has 2 heterocycles. The van der Waals surface area contributed by atoms with Gasteiger partial charge >= 0.3 is 0 Å². The maximum absolute atomic E-state index is 5.95. The summed E-state index contributed by atoms with van der Waals surface area (Å²) in [4.78, 5) is 0. The molecular weight excluding hydrogens is 226 g/mol. The van der Waals surface area contributed by atoms with Crippen molar-refractivity contribution in [2.24, 2.45) is 7.05 Å². The van der Waals surface area contributed by atoms with E-state index in [1.165, 1.54) is 0 Å². The summed E-state index contributed by atoms with van der Waals surface area (Å²) in [6, 6.07) is 4.01. The van der Waals surface area contributed by atoms with E-state index in [9.17, 15) is 0 Å². The number of nitrogens with one attached hydrogen (secondary N) is 1. The van der Waals surface area contributed by atoms with Crippen molar-refractivity contribution in [2.45, 2.75) is 12.5 Å². The highest BCUT2D eigenvalue weighted by Gasteiger charge is 2.16. The zero-order valence-electron chi connectivity index (χ0n) is 9.27. The Morgan fingerprint density at radius 2 is 2.38 bits per heavy atom. The molecule has 1 N–H and O–H groups in total. The van der Waals surface area contributed by atoms with E-state index in [4.69, 9.17) is 16.0 Å². The van der Waals surface area contributed by atoms with Crippen LogP contribution in [0, 0.1) is 0 Å². The van der Waals surface area contributed by atoms with Crippen LogP contribution < -0.4 is 5.32 Å². The van der Waals surface area contributed by atoms with Crippen LogP contribution in [0.3, 0.4) is 0 Å². The van der Waals surface area contributed by atoms with Crippen LogP contribution in [-0.2, 0) is 13.5 Å². The van der Waals surface area contributed by atoms with E-state index in [-0.39, 0.29) is 6.04 Å². The minimum atomic E-state index is 0.126. The lowest BCUT2D eigenvalue weighted by Gasteiger charge is -2.13. The third kappa shape index (κ3) is 2.28. The molecule has 1 atom stereocenters. The summed E-state index contributed by atoms with van der Waals surface area (Å²) in [6.07, 6.45) is 4.32. The van der Waals surface area contributed by atoms with Gasteiger partial charge in [0.15, 0.2) is 5.22 Å². The first-order chi connectivity index (χ1) is 7.70. The summed E-state index contributed by atoms with van der Waals surface area (Å²) in [7, 11) is 3.81. The van der Waals surface area contributed by atoms with Crippen molar-refractivity contribution < 1.29 is 4.42 Å². The van der Waals surface area contributed by atoms with Crippen molar-refractivity contribution >= 4 is 11.6 Å². The molecule has 0 aliphatic heterocycles. The normalized spacial score (nSPS) is 12.9. The minimum Gasteiger partial charge on any atom is -0.453 e. The van der Waals surface area contributed by atoms with E-state index in [1.54, 1.807) is 10.9 Å². The van der Waals surface area contributed by atoms with E-state index < -0.39 is 0 Å². The van der Waals surface area contributed by atoms with Crippen LogP contribution >= 0.6 is 11.6 Å². The molecule has 2 aromatic rings. The monoisotopic (exact) mass is 239 g/mol. The minimum absolute atomic E-state index is 0.126. The highest BCUT2D eigenvalue weighted by atomic mass is 35.5. The Bertz CT molecular complexity index is 463. The van der Waals surface area contributed by atoms with Crippen molar-refractivity contribution in [3.8, 4) is 0 Å². The number of hydrogen-bond donors (Lipinski definition) is 1. The second kappa shape index (κ2) is 4.72. The lowest BCUT2D eigenvalue weighted by Crippen LogP contribution is -2.18. The molecule has 86 valence electrons. The lowest BCUT2D eigenvalue weighted by molar-refractivity contribution is 0.540. The number of nitrogens with zero attached hydrogens (tertiary/aromatic N) is 2. The SMILES string of the molecule is CNC(Cc1ccn(C)n1)c1ccoc1Cl. The summed E-state index contributed by atoms with van der Waals surface area (Å²) in [6.45, 7) is 0. The Morgan fingerprint density at radius 3 is 2.88 bits per heavy atom. The van der Waals surface area contributed by atoms with E-state index in [0.29, 0.717) is 5.22 Å². The van der Waals surface area contributed by atoms with Gasteiger partial charge in [-0.3, -0.25) is 4.68 Å². The molecule has 1 unspecified atom stereocenters. The molecule has 16 heavy (non-hydrogen) atoms. The Morgan fingerprint density at radius 1 is 1.56 bits per heavy atom. The Labute approximate surface area is 99.2 Å². The smallest absolute Gasteiger partial charge is 0.197 e. The van der Waals surface area contributed by atoms with Gasteiger partial charge in [0, 0.05) is 31.3 Å². The summed E-state index contributed by atoms with van der Waals surface area (Å²) < 4.78 is 6.88. The summed E-state index contributed by atoms with van der Waals surface area (Å²) in [5, 5.41) is 7.99. The maximum atomic E-state index is 5.95. The quantitative estimate of drug-likeness (QED) is 0.889. The first-order valence-corrected chi connectivity index (χ1v) is 5.47. The van der Waals surface area contributed by atoms with Crippen molar-refractivity contribution in [2.75, 3.05) is 7.05 Å². The highest BCUT2D eigenvalue weighted by Crippen LogP contribution is 2.25.